The molecule has 3 N–H and O–H groups in total. The molecule has 2 heterocycles. The van der Waals surface area contributed by atoms with Crippen LogP contribution in [0.15, 0.2) is 6.07 Å². The summed E-state index contributed by atoms with van der Waals surface area (Å²) in [6.07, 6.45) is 1.53. The standard InChI is InChI=1S/C12H17N5O2/c1-3-8-15-9(13-2)6-10(16-8)14-7-4-5-11(18)17-12(7)19/h6-7H,3-5H2,1-2H3,(H,17,18,19)(H2,13,14,15,16). The number of imide groups is 1. The minimum Gasteiger partial charge on any atom is -0.373 e. The quantitative estimate of drug-likeness (QED) is 0.676. The Hall–Kier alpha value is -2.18. The van der Waals surface area contributed by atoms with Crippen LogP contribution in [0, 0.1) is 0 Å². The fourth-order valence-electron chi connectivity index (χ4n) is 1.87. The average molecular weight is 263 g/mol. The van der Waals surface area contributed by atoms with E-state index >= 15 is 0 Å². The highest BCUT2D eigenvalue weighted by molar-refractivity contribution is 6.01. The van der Waals surface area contributed by atoms with Crippen LogP contribution in [0.25, 0.3) is 0 Å². The van der Waals surface area contributed by atoms with E-state index in [4.69, 9.17) is 0 Å². The molecule has 1 aliphatic heterocycles. The van der Waals surface area contributed by atoms with E-state index in [1.54, 1.807) is 13.1 Å². The van der Waals surface area contributed by atoms with Crippen LogP contribution in [0.5, 0.6) is 0 Å². The largest absolute Gasteiger partial charge is 0.373 e. The highest BCUT2D eigenvalue weighted by atomic mass is 16.2. The van der Waals surface area contributed by atoms with Crippen molar-refractivity contribution in [2.24, 2.45) is 0 Å². The van der Waals surface area contributed by atoms with E-state index in [2.05, 4.69) is 25.9 Å². The normalized spacial score (nSPS) is 18.9. The lowest BCUT2D eigenvalue weighted by atomic mass is 10.1. The smallest absolute Gasteiger partial charge is 0.249 e. The van der Waals surface area contributed by atoms with Crippen LogP contribution >= 0.6 is 0 Å². The molecular weight excluding hydrogens is 246 g/mol. The molecule has 7 heteroatoms. The van der Waals surface area contributed by atoms with Crippen molar-refractivity contribution in [1.29, 1.82) is 0 Å². The van der Waals surface area contributed by atoms with E-state index < -0.39 is 6.04 Å². The second kappa shape index (κ2) is 5.64. The average Bonchev–Trinajstić information content (AvgIpc) is 2.41. The Kier molecular flexibility index (Phi) is 3.94. The highest BCUT2D eigenvalue weighted by Gasteiger charge is 2.26. The third kappa shape index (κ3) is 3.18. The van der Waals surface area contributed by atoms with E-state index in [0.29, 0.717) is 36.7 Å². The molecule has 0 aromatic carbocycles. The first-order chi connectivity index (χ1) is 9.12. The predicted molar refractivity (Wildman–Crippen MR) is 70.8 cm³/mol. The molecule has 1 aromatic heterocycles. The van der Waals surface area contributed by atoms with E-state index in [-0.39, 0.29) is 11.8 Å². The molecule has 0 radical (unpaired) electrons. The van der Waals surface area contributed by atoms with Crippen molar-refractivity contribution in [3.8, 4) is 0 Å². The second-order valence-electron chi connectivity index (χ2n) is 4.31. The van der Waals surface area contributed by atoms with Crippen LogP contribution in [0.3, 0.4) is 0 Å². The molecule has 1 atom stereocenters. The van der Waals surface area contributed by atoms with Crippen LogP contribution in [0.1, 0.15) is 25.6 Å². The van der Waals surface area contributed by atoms with Gasteiger partial charge in [-0.1, -0.05) is 6.92 Å². The number of piperidine rings is 1. The number of rotatable bonds is 4. The van der Waals surface area contributed by atoms with Gasteiger partial charge in [-0.05, 0) is 6.42 Å². The molecule has 0 bridgehead atoms. The van der Waals surface area contributed by atoms with Gasteiger partial charge in [0.1, 0.15) is 23.5 Å². The number of nitrogens with zero attached hydrogens (tertiary/aromatic N) is 2. The molecule has 1 aliphatic rings. The first-order valence-electron chi connectivity index (χ1n) is 6.28. The molecule has 2 rings (SSSR count). The summed E-state index contributed by atoms with van der Waals surface area (Å²) >= 11 is 0. The van der Waals surface area contributed by atoms with Crippen molar-refractivity contribution in [2.75, 3.05) is 17.7 Å². The van der Waals surface area contributed by atoms with E-state index in [1.165, 1.54) is 0 Å². The van der Waals surface area contributed by atoms with Crippen LogP contribution in [0.2, 0.25) is 0 Å². The second-order valence-corrected chi connectivity index (χ2v) is 4.31. The van der Waals surface area contributed by atoms with Gasteiger partial charge in [-0.2, -0.15) is 0 Å². The minimum atomic E-state index is -0.429. The molecule has 0 spiro atoms. The first-order valence-corrected chi connectivity index (χ1v) is 6.28. The SMILES string of the molecule is CCc1nc(NC)cc(NC2CCC(=O)NC2=O)n1. The van der Waals surface area contributed by atoms with Gasteiger partial charge in [-0.15, -0.1) is 0 Å². The predicted octanol–water partition coefficient (Wildman–Crippen LogP) is 0.298. The van der Waals surface area contributed by atoms with Gasteiger partial charge in [0.15, 0.2) is 0 Å². The number of carbonyl (C=O) groups is 2. The summed E-state index contributed by atoms with van der Waals surface area (Å²) in [7, 11) is 1.78. The van der Waals surface area contributed by atoms with Crippen LogP contribution < -0.4 is 16.0 Å². The Morgan fingerprint density at radius 3 is 2.74 bits per heavy atom. The molecule has 1 saturated heterocycles. The van der Waals surface area contributed by atoms with Gasteiger partial charge in [0.25, 0.3) is 0 Å². The van der Waals surface area contributed by atoms with E-state index in [9.17, 15) is 9.59 Å². The van der Waals surface area contributed by atoms with Gasteiger partial charge in [0.05, 0.1) is 0 Å². The topological polar surface area (TPSA) is 96.0 Å². The lowest BCUT2D eigenvalue weighted by Crippen LogP contribution is -2.47. The van der Waals surface area contributed by atoms with Crippen molar-refractivity contribution in [1.82, 2.24) is 15.3 Å². The Bertz CT molecular complexity index is 481. The fraction of sp³-hybridized carbons (Fsp3) is 0.500. The summed E-state index contributed by atoms with van der Waals surface area (Å²) in [5.74, 6) is 1.45. The maximum Gasteiger partial charge on any atom is 0.249 e. The van der Waals surface area contributed by atoms with E-state index in [0.717, 1.165) is 0 Å². The summed E-state index contributed by atoms with van der Waals surface area (Å²) in [5, 5.41) is 8.30. The molecule has 2 amide bonds. The van der Waals surface area contributed by atoms with Crippen molar-refractivity contribution in [3.63, 3.8) is 0 Å². The van der Waals surface area contributed by atoms with Gasteiger partial charge < -0.3 is 10.6 Å². The zero-order valence-electron chi connectivity index (χ0n) is 11.0. The van der Waals surface area contributed by atoms with Crippen molar-refractivity contribution < 1.29 is 9.59 Å². The lowest BCUT2D eigenvalue weighted by molar-refractivity contribution is -0.133. The third-order valence-corrected chi connectivity index (χ3v) is 2.91. The number of hydrogen-bond donors (Lipinski definition) is 3. The zero-order chi connectivity index (χ0) is 13.8. The molecule has 0 aliphatic carbocycles. The minimum absolute atomic E-state index is 0.226. The van der Waals surface area contributed by atoms with Crippen LogP contribution in [0.4, 0.5) is 11.6 Å². The molecule has 1 fully saturated rings. The first kappa shape index (κ1) is 13.3. The number of amides is 2. The summed E-state index contributed by atoms with van der Waals surface area (Å²) < 4.78 is 0. The number of aryl methyl sites for hydroxylation is 1. The highest BCUT2D eigenvalue weighted by Crippen LogP contribution is 2.15. The molecule has 1 aromatic rings. The maximum absolute atomic E-state index is 11.7. The summed E-state index contributed by atoms with van der Waals surface area (Å²) in [6.45, 7) is 1.96. The molecule has 1 unspecified atom stereocenters. The van der Waals surface area contributed by atoms with Crippen molar-refractivity contribution in [2.45, 2.75) is 32.2 Å². The van der Waals surface area contributed by atoms with Gasteiger partial charge in [0.2, 0.25) is 11.8 Å². The van der Waals surface area contributed by atoms with Gasteiger partial charge in [-0.25, -0.2) is 9.97 Å². The summed E-state index contributed by atoms with van der Waals surface area (Å²) in [4.78, 5) is 31.3. The number of aromatic nitrogens is 2. The fourth-order valence-corrected chi connectivity index (χ4v) is 1.87. The van der Waals surface area contributed by atoms with Crippen LogP contribution in [-0.2, 0) is 16.0 Å². The van der Waals surface area contributed by atoms with Crippen molar-refractivity contribution in [3.05, 3.63) is 11.9 Å². The molecule has 7 nitrogen and oxygen atoms in total. The Morgan fingerprint density at radius 2 is 2.11 bits per heavy atom. The Balaban J connectivity index is 2.14. The van der Waals surface area contributed by atoms with Gasteiger partial charge in [0, 0.05) is 26.0 Å². The monoisotopic (exact) mass is 263 g/mol. The zero-order valence-corrected chi connectivity index (χ0v) is 11.0. The van der Waals surface area contributed by atoms with Crippen molar-refractivity contribution >= 4 is 23.5 Å². The Morgan fingerprint density at radius 1 is 1.37 bits per heavy atom. The van der Waals surface area contributed by atoms with Gasteiger partial charge in [-0.3, -0.25) is 14.9 Å². The lowest BCUT2D eigenvalue weighted by Gasteiger charge is -2.22. The van der Waals surface area contributed by atoms with E-state index in [1.807, 2.05) is 6.92 Å². The number of hydrogen-bond acceptors (Lipinski definition) is 6. The molecule has 19 heavy (non-hydrogen) atoms. The van der Waals surface area contributed by atoms with Crippen LogP contribution in [-0.4, -0.2) is 34.9 Å². The molecule has 102 valence electrons. The molecule has 0 saturated carbocycles. The Labute approximate surface area is 111 Å². The summed E-state index contributed by atoms with van der Waals surface area (Å²) in [6, 6.07) is 1.31. The number of anilines is 2. The maximum atomic E-state index is 11.7. The number of nitrogens with one attached hydrogen (secondary N) is 3. The van der Waals surface area contributed by atoms with Gasteiger partial charge >= 0.3 is 0 Å². The third-order valence-electron chi connectivity index (χ3n) is 2.91. The number of carbonyl (C=O) groups excluding carboxylic acids is 2. The summed E-state index contributed by atoms with van der Waals surface area (Å²) in [5.41, 5.74) is 0. The molecular formula is C12H17N5O2.